The van der Waals surface area contributed by atoms with Crippen molar-refractivity contribution < 1.29 is 42.1 Å². The molecule has 10 heteroatoms. The second-order valence-electron chi connectivity index (χ2n) is 23.4. The predicted octanol–water partition coefficient (Wildman–Crippen LogP) is 22.4. The van der Waals surface area contributed by atoms with Crippen LogP contribution in [0, 0.1) is 0 Å². The number of esters is 2. The number of phosphoric ester groups is 1. The second-order valence-corrected chi connectivity index (χ2v) is 24.8. The first kappa shape index (κ1) is 84.6. The lowest BCUT2D eigenvalue weighted by Gasteiger charge is -2.28. The van der Waals surface area contributed by atoms with E-state index in [1.165, 1.54) is 44.9 Å². The third-order valence-corrected chi connectivity index (χ3v) is 14.8. The first-order valence-corrected chi connectivity index (χ1v) is 36.3. The highest BCUT2D eigenvalue weighted by molar-refractivity contribution is 7.45. The Labute approximate surface area is 551 Å². The van der Waals surface area contributed by atoms with E-state index in [-0.39, 0.29) is 26.1 Å². The molecule has 0 N–H and O–H groups in total. The average molecular weight is 1260 g/mol. The Morgan fingerprint density at radius 3 is 0.911 bits per heavy atom. The van der Waals surface area contributed by atoms with Gasteiger partial charge in [0, 0.05) is 12.8 Å². The molecule has 0 bridgehead atoms. The van der Waals surface area contributed by atoms with Gasteiger partial charge in [0.15, 0.2) is 6.10 Å². The summed E-state index contributed by atoms with van der Waals surface area (Å²) in [5.74, 6) is -0.904. The van der Waals surface area contributed by atoms with Crippen molar-refractivity contribution in [3.05, 3.63) is 207 Å². The Bertz CT molecular complexity index is 2270. The summed E-state index contributed by atoms with van der Waals surface area (Å²) in [4.78, 5) is 38.1. The molecule has 90 heavy (non-hydrogen) atoms. The van der Waals surface area contributed by atoms with Crippen molar-refractivity contribution in [3.8, 4) is 0 Å². The minimum atomic E-state index is -4.67. The van der Waals surface area contributed by atoms with Crippen LogP contribution < -0.4 is 4.89 Å². The van der Waals surface area contributed by atoms with Gasteiger partial charge >= 0.3 is 11.9 Å². The number of allylic oxidation sites excluding steroid dienone is 34. The number of quaternary nitrogens is 1. The predicted molar refractivity (Wildman–Crippen MR) is 387 cm³/mol. The Hall–Kier alpha value is -5.41. The molecule has 0 rings (SSSR count). The molecule has 0 fully saturated rings. The summed E-state index contributed by atoms with van der Waals surface area (Å²) in [5, 5.41) is 0. The maximum atomic E-state index is 12.8. The molecule has 2 atom stereocenters. The van der Waals surface area contributed by atoms with Gasteiger partial charge in [0.1, 0.15) is 19.8 Å². The van der Waals surface area contributed by atoms with Crippen LogP contribution in [0.3, 0.4) is 0 Å². The third kappa shape index (κ3) is 71.7. The van der Waals surface area contributed by atoms with E-state index < -0.39 is 32.5 Å². The minimum absolute atomic E-state index is 0.0518. The van der Waals surface area contributed by atoms with E-state index in [2.05, 4.69) is 220 Å². The monoisotopic (exact) mass is 1260 g/mol. The van der Waals surface area contributed by atoms with Crippen molar-refractivity contribution in [1.82, 2.24) is 0 Å². The Morgan fingerprint density at radius 2 is 0.600 bits per heavy atom. The van der Waals surface area contributed by atoms with Crippen LogP contribution in [0.15, 0.2) is 207 Å². The van der Waals surface area contributed by atoms with Gasteiger partial charge in [0.25, 0.3) is 7.82 Å². The van der Waals surface area contributed by atoms with Crippen LogP contribution in [0.5, 0.6) is 0 Å². The first-order chi connectivity index (χ1) is 44.0. The van der Waals surface area contributed by atoms with Gasteiger partial charge < -0.3 is 27.9 Å². The van der Waals surface area contributed by atoms with E-state index in [4.69, 9.17) is 18.5 Å². The van der Waals surface area contributed by atoms with E-state index in [9.17, 15) is 19.0 Å². The number of phosphoric acid groups is 1. The van der Waals surface area contributed by atoms with Gasteiger partial charge in [-0.1, -0.05) is 278 Å². The normalized spacial score (nSPS) is 14.4. The molecule has 0 saturated heterocycles. The summed E-state index contributed by atoms with van der Waals surface area (Å²) in [6.07, 6.45) is 108. The Balaban J connectivity index is 4.23. The van der Waals surface area contributed by atoms with Crippen molar-refractivity contribution in [2.75, 3.05) is 47.5 Å². The number of ether oxygens (including phenoxy) is 2. The summed E-state index contributed by atoms with van der Waals surface area (Å²) in [6, 6.07) is 0. The van der Waals surface area contributed by atoms with Crippen LogP contribution in [0.25, 0.3) is 0 Å². The van der Waals surface area contributed by atoms with Gasteiger partial charge in [0.05, 0.1) is 27.7 Å². The highest BCUT2D eigenvalue weighted by Crippen LogP contribution is 2.38. The van der Waals surface area contributed by atoms with Gasteiger partial charge in [-0.05, 0) is 148 Å². The van der Waals surface area contributed by atoms with Crippen molar-refractivity contribution >= 4 is 19.8 Å². The van der Waals surface area contributed by atoms with Crippen LogP contribution >= 0.6 is 7.82 Å². The molecule has 0 radical (unpaired) electrons. The summed E-state index contributed by atoms with van der Waals surface area (Å²) < 4.78 is 34.2. The molecule has 0 amide bonds. The molecule has 0 aromatic rings. The SMILES string of the molecule is CC/C=C\C/C=C\C/C=C\C/C=C\C/C=C\C/C=C\C/C=C\C/C=C\C/C=C\C/C=C\CCCCC(=O)OC(COC(=O)CCCCCCCCCCCCC/C=C\C/C=C\C/C=C\C/C=C\C/C=C\C/C=C\C/C=C\CC)COP(=O)([O-])OCC[N+](C)(C)C. The molecule has 0 heterocycles. The zero-order valence-corrected chi connectivity index (χ0v) is 58.1. The van der Waals surface area contributed by atoms with Crippen LogP contribution in [0.1, 0.15) is 232 Å². The fourth-order valence-electron chi connectivity index (χ4n) is 8.55. The first-order valence-electron chi connectivity index (χ1n) is 34.8. The van der Waals surface area contributed by atoms with Crippen LogP contribution in [-0.4, -0.2) is 70.0 Å². The smallest absolute Gasteiger partial charge is 0.306 e. The van der Waals surface area contributed by atoms with E-state index in [0.29, 0.717) is 23.9 Å². The molecule has 0 aliphatic rings. The molecular weight excluding hydrogens is 1130 g/mol. The summed E-state index contributed by atoms with van der Waals surface area (Å²) in [6.45, 7) is 3.93. The molecular formula is C80H126NO8P. The topological polar surface area (TPSA) is 111 Å². The molecule has 2 unspecified atom stereocenters. The number of nitrogens with zero attached hydrogens (tertiary/aromatic N) is 1. The highest BCUT2D eigenvalue weighted by Gasteiger charge is 2.22. The van der Waals surface area contributed by atoms with Gasteiger partial charge in [-0.2, -0.15) is 0 Å². The van der Waals surface area contributed by atoms with Crippen molar-refractivity contribution in [3.63, 3.8) is 0 Å². The lowest BCUT2D eigenvalue weighted by atomic mass is 10.0. The fraction of sp³-hybridized carbons (Fsp3) is 0.550. The maximum Gasteiger partial charge on any atom is 0.306 e. The van der Waals surface area contributed by atoms with E-state index in [0.717, 1.165) is 148 Å². The lowest BCUT2D eigenvalue weighted by Crippen LogP contribution is -2.37. The fourth-order valence-corrected chi connectivity index (χ4v) is 9.27. The van der Waals surface area contributed by atoms with Gasteiger partial charge in [-0.15, -0.1) is 0 Å². The Morgan fingerprint density at radius 1 is 0.344 bits per heavy atom. The third-order valence-electron chi connectivity index (χ3n) is 13.8. The number of hydrogen-bond acceptors (Lipinski definition) is 8. The zero-order valence-electron chi connectivity index (χ0n) is 57.2. The Kier molecular flexibility index (Phi) is 63.9. The number of hydrogen-bond donors (Lipinski definition) is 0. The highest BCUT2D eigenvalue weighted by atomic mass is 31.2. The molecule has 0 aromatic heterocycles. The van der Waals surface area contributed by atoms with E-state index in [1.54, 1.807) is 0 Å². The minimum Gasteiger partial charge on any atom is -0.756 e. The molecule has 0 spiro atoms. The molecule has 0 aliphatic heterocycles. The number of carbonyl (C=O) groups excluding carboxylic acids is 2. The van der Waals surface area contributed by atoms with E-state index in [1.807, 2.05) is 21.1 Å². The molecule has 0 aliphatic carbocycles. The summed E-state index contributed by atoms with van der Waals surface area (Å²) >= 11 is 0. The van der Waals surface area contributed by atoms with E-state index >= 15 is 0 Å². The van der Waals surface area contributed by atoms with Crippen molar-refractivity contribution in [2.45, 2.75) is 238 Å². The van der Waals surface area contributed by atoms with Crippen LogP contribution in [0.4, 0.5) is 0 Å². The average Bonchev–Trinajstić information content (AvgIpc) is 3.58. The van der Waals surface area contributed by atoms with Gasteiger partial charge in [-0.25, -0.2) is 0 Å². The van der Waals surface area contributed by atoms with Crippen molar-refractivity contribution in [1.29, 1.82) is 0 Å². The number of likely N-dealkylation sites (N-methyl/N-ethyl adjacent to an activating group) is 1. The molecule has 504 valence electrons. The largest absolute Gasteiger partial charge is 0.756 e. The summed E-state index contributed by atoms with van der Waals surface area (Å²) in [5.41, 5.74) is 0. The summed E-state index contributed by atoms with van der Waals surface area (Å²) in [7, 11) is 1.10. The number of unbranched alkanes of at least 4 members (excludes halogenated alkanes) is 13. The maximum absolute atomic E-state index is 12.8. The van der Waals surface area contributed by atoms with Crippen molar-refractivity contribution in [2.24, 2.45) is 0 Å². The van der Waals surface area contributed by atoms with Crippen LogP contribution in [-0.2, 0) is 32.7 Å². The number of carbonyl (C=O) groups is 2. The molecule has 0 saturated carbocycles. The molecule has 0 aromatic carbocycles. The zero-order chi connectivity index (χ0) is 65.5. The van der Waals surface area contributed by atoms with Gasteiger partial charge in [0.2, 0.25) is 0 Å². The van der Waals surface area contributed by atoms with Crippen LogP contribution in [0.2, 0.25) is 0 Å². The second kappa shape index (κ2) is 68.0. The van der Waals surface area contributed by atoms with Gasteiger partial charge in [-0.3, -0.25) is 14.2 Å². The quantitative estimate of drug-likeness (QED) is 0.0195. The molecule has 9 nitrogen and oxygen atoms in total. The number of rotatable bonds is 61. The standard InChI is InChI=1S/C80H126NO8P/c1-6-8-10-12-14-16-18-20-22-24-26-28-30-32-34-36-38-40-42-44-46-48-50-52-54-56-58-60-62-64-66-68-70-72-79(82)86-76-78(77-88-90(84,85)87-75-74-81(3,4)5)89-80(83)73-71-69-67-65-63-61-59-57-55-53-51-49-47-45-43-41-39-37-35-33-31-29-27-25-23-21-19-17-15-13-11-9-7-2/h8-11,14-17,20-23,26-29,32-35,38-41,44-47,51,53,57,59,63,65,78H,6-7,12-13,18-19,24-25,30-31,36-37,42-43,48-50,52,54-56,58,60-62,64,66-77H2,1-5H3/b10-8-,11-9-,16-14-,17-15-,22-20-,23-21-,28-26-,29-27-,34-32-,35-33-,40-38-,41-39-,46-44-,47-45-,53-51-,59-57-,65-63-. The lowest BCUT2D eigenvalue weighted by molar-refractivity contribution is -0.870.